The first-order valence-corrected chi connectivity index (χ1v) is 9.27. The Labute approximate surface area is 166 Å². The lowest BCUT2D eigenvalue weighted by atomic mass is 10.0. The second-order valence-corrected chi connectivity index (χ2v) is 6.73. The van der Waals surface area contributed by atoms with Crippen LogP contribution in [0.15, 0.2) is 48.7 Å². The first-order valence-electron chi connectivity index (χ1n) is 9.27. The summed E-state index contributed by atoms with van der Waals surface area (Å²) in [5.41, 5.74) is 2.72. The van der Waals surface area contributed by atoms with Crippen molar-refractivity contribution >= 4 is 28.4 Å². The summed E-state index contributed by atoms with van der Waals surface area (Å²) < 4.78 is 18.4. The number of nitrogens with zero attached hydrogens (tertiary/aromatic N) is 1. The van der Waals surface area contributed by atoms with E-state index < -0.39 is 11.8 Å². The van der Waals surface area contributed by atoms with E-state index in [2.05, 4.69) is 4.98 Å². The number of carbonyl (C=O) groups excluding carboxylic acids is 2. The van der Waals surface area contributed by atoms with E-state index >= 15 is 0 Å². The van der Waals surface area contributed by atoms with Gasteiger partial charge in [0.05, 0.1) is 17.9 Å². The van der Waals surface area contributed by atoms with Crippen LogP contribution in [0.1, 0.15) is 28.5 Å². The van der Waals surface area contributed by atoms with E-state index in [0.717, 1.165) is 16.5 Å². The highest BCUT2D eigenvalue weighted by Gasteiger charge is 2.27. The van der Waals surface area contributed by atoms with Gasteiger partial charge in [-0.1, -0.05) is 0 Å². The number of hydrogen-bond donors (Lipinski definition) is 2. The quantitative estimate of drug-likeness (QED) is 0.665. The van der Waals surface area contributed by atoms with Gasteiger partial charge >= 0.3 is 5.97 Å². The van der Waals surface area contributed by atoms with Gasteiger partial charge in [0, 0.05) is 29.2 Å². The molecule has 2 heterocycles. The Bertz CT molecular complexity index is 1130. The Morgan fingerprint density at radius 3 is 2.69 bits per heavy atom. The molecule has 2 aromatic carbocycles. The summed E-state index contributed by atoms with van der Waals surface area (Å²) in [6.45, 7) is 2.22. The number of rotatable bonds is 3. The minimum absolute atomic E-state index is 0.115. The predicted octanol–water partition coefficient (Wildman–Crippen LogP) is 3.62. The van der Waals surface area contributed by atoms with Gasteiger partial charge in [-0.2, -0.15) is 0 Å². The van der Waals surface area contributed by atoms with Crippen molar-refractivity contribution in [2.24, 2.45) is 0 Å². The van der Waals surface area contributed by atoms with Gasteiger partial charge in [-0.05, 0) is 61.4 Å². The maximum atomic E-state index is 13.2. The minimum Gasteiger partial charge on any atom is -0.508 e. The van der Waals surface area contributed by atoms with Crippen molar-refractivity contribution < 1.29 is 23.8 Å². The monoisotopic (exact) mass is 394 g/mol. The van der Waals surface area contributed by atoms with Crippen molar-refractivity contribution in [1.29, 1.82) is 0 Å². The molecule has 29 heavy (non-hydrogen) atoms. The van der Waals surface area contributed by atoms with Gasteiger partial charge in [-0.15, -0.1) is 0 Å². The molecule has 0 aliphatic carbocycles. The lowest BCUT2D eigenvalue weighted by Crippen LogP contribution is -2.28. The van der Waals surface area contributed by atoms with Gasteiger partial charge in [-0.25, -0.2) is 9.18 Å². The zero-order valence-corrected chi connectivity index (χ0v) is 15.7. The van der Waals surface area contributed by atoms with Crippen molar-refractivity contribution in [2.75, 3.05) is 13.2 Å². The van der Waals surface area contributed by atoms with E-state index in [-0.39, 0.29) is 23.8 Å². The molecule has 2 N–H and O–H groups in total. The van der Waals surface area contributed by atoms with Crippen molar-refractivity contribution in [3.05, 3.63) is 71.3 Å². The molecule has 0 saturated heterocycles. The standard InChI is InChI=1S/C22H19FN2O4/c1-2-29-22(28)18-12-25(21(27)13-3-5-14(23)6-4-13)10-9-16-17-11-15(26)7-8-19(17)24-20(16)18/h3-8,11-12,24,26H,2,9-10H2,1H3. The molecule has 0 fully saturated rings. The van der Waals surface area contributed by atoms with Gasteiger partial charge < -0.3 is 19.7 Å². The third-order valence-corrected chi connectivity index (χ3v) is 4.89. The predicted molar refractivity (Wildman–Crippen MR) is 106 cm³/mol. The number of H-pyrrole nitrogens is 1. The Kier molecular flexibility index (Phi) is 4.80. The molecule has 0 radical (unpaired) electrons. The first-order chi connectivity index (χ1) is 14.0. The molecule has 1 aliphatic rings. The van der Waals surface area contributed by atoms with Gasteiger partial charge in [0.25, 0.3) is 5.91 Å². The minimum atomic E-state index is -0.552. The van der Waals surface area contributed by atoms with E-state index in [4.69, 9.17) is 4.74 Å². The van der Waals surface area contributed by atoms with Gasteiger partial charge in [0.15, 0.2) is 0 Å². The number of esters is 1. The van der Waals surface area contributed by atoms with Crippen molar-refractivity contribution in [1.82, 2.24) is 9.88 Å². The number of fused-ring (bicyclic) bond motifs is 3. The molecule has 0 bridgehead atoms. The maximum absolute atomic E-state index is 13.2. The fraction of sp³-hybridized carbons (Fsp3) is 0.182. The normalized spacial score (nSPS) is 13.6. The SMILES string of the molecule is CCOC(=O)C1=CN(C(=O)c2ccc(F)cc2)CCc2c1[nH]c1ccc(O)cc21. The van der Waals surface area contributed by atoms with E-state index in [0.29, 0.717) is 24.2 Å². The van der Waals surface area contributed by atoms with Crippen molar-refractivity contribution in [2.45, 2.75) is 13.3 Å². The van der Waals surface area contributed by atoms with Gasteiger partial charge in [0.1, 0.15) is 11.6 Å². The summed E-state index contributed by atoms with van der Waals surface area (Å²) in [6, 6.07) is 10.2. The summed E-state index contributed by atoms with van der Waals surface area (Å²) in [5, 5.41) is 10.7. The van der Waals surface area contributed by atoms with Crippen LogP contribution < -0.4 is 0 Å². The number of halogens is 1. The Balaban J connectivity index is 1.80. The second-order valence-electron chi connectivity index (χ2n) is 6.73. The number of carbonyl (C=O) groups is 2. The fourth-order valence-electron chi connectivity index (χ4n) is 3.52. The van der Waals surface area contributed by atoms with Crippen LogP contribution in [0.2, 0.25) is 0 Å². The first kappa shape index (κ1) is 18.7. The highest BCUT2D eigenvalue weighted by Crippen LogP contribution is 2.33. The molecular formula is C22H19FN2O4. The van der Waals surface area contributed by atoms with E-state index in [9.17, 15) is 19.1 Å². The zero-order valence-electron chi connectivity index (χ0n) is 15.7. The summed E-state index contributed by atoms with van der Waals surface area (Å²) >= 11 is 0. The number of ether oxygens (including phenoxy) is 1. The average Bonchev–Trinajstić information content (AvgIpc) is 2.94. The number of aromatic nitrogens is 1. The smallest absolute Gasteiger partial charge is 0.341 e. The summed E-state index contributed by atoms with van der Waals surface area (Å²) in [6.07, 6.45) is 1.94. The van der Waals surface area contributed by atoms with Crippen LogP contribution in [0.5, 0.6) is 5.75 Å². The molecule has 0 spiro atoms. The number of phenolic OH excluding ortho intramolecular Hbond substituents is 1. The maximum Gasteiger partial charge on any atom is 0.341 e. The van der Waals surface area contributed by atoms with Crippen molar-refractivity contribution in [3.63, 3.8) is 0 Å². The number of aromatic hydroxyl groups is 1. The molecule has 4 rings (SSSR count). The number of phenols is 1. The number of aromatic amines is 1. The molecule has 1 amide bonds. The number of hydrogen-bond acceptors (Lipinski definition) is 4. The highest BCUT2D eigenvalue weighted by molar-refractivity contribution is 6.18. The molecular weight excluding hydrogens is 375 g/mol. The van der Waals surface area contributed by atoms with Gasteiger partial charge in [0.2, 0.25) is 0 Å². The van der Waals surface area contributed by atoms with Crippen LogP contribution in [-0.4, -0.2) is 40.0 Å². The molecule has 148 valence electrons. The molecule has 1 aromatic heterocycles. The molecule has 6 nitrogen and oxygen atoms in total. The summed E-state index contributed by atoms with van der Waals surface area (Å²) in [4.78, 5) is 30.2. The van der Waals surface area contributed by atoms with Gasteiger partial charge in [-0.3, -0.25) is 4.79 Å². The molecule has 7 heteroatoms. The van der Waals surface area contributed by atoms with E-state index in [1.165, 1.54) is 35.4 Å². The van der Waals surface area contributed by atoms with Crippen molar-refractivity contribution in [3.8, 4) is 5.75 Å². The fourth-order valence-corrected chi connectivity index (χ4v) is 3.52. The summed E-state index contributed by atoms with van der Waals surface area (Å²) in [7, 11) is 0. The van der Waals surface area contributed by atoms with E-state index in [1.807, 2.05) is 0 Å². The Morgan fingerprint density at radius 1 is 1.21 bits per heavy atom. The lowest BCUT2D eigenvalue weighted by molar-refractivity contribution is -0.136. The molecule has 1 aliphatic heterocycles. The van der Waals surface area contributed by atoms with E-state index in [1.54, 1.807) is 25.1 Å². The number of benzene rings is 2. The van der Waals surface area contributed by atoms with Crippen LogP contribution in [0.3, 0.4) is 0 Å². The van der Waals surface area contributed by atoms with Crippen LogP contribution >= 0.6 is 0 Å². The molecule has 3 aromatic rings. The third kappa shape index (κ3) is 3.47. The number of amides is 1. The van der Waals surface area contributed by atoms with Crippen LogP contribution in [0.4, 0.5) is 4.39 Å². The Hall–Kier alpha value is -3.61. The molecule has 0 atom stereocenters. The highest BCUT2D eigenvalue weighted by atomic mass is 19.1. The average molecular weight is 394 g/mol. The lowest BCUT2D eigenvalue weighted by Gasteiger charge is -2.18. The Morgan fingerprint density at radius 2 is 1.97 bits per heavy atom. The van der Waals surface area contributed by atoms with Crippen LogP contribution in [0, 0.1) is 5.82 Å². The largest absolute Gasteiger partial charge is 0.508 e. The van der Waals surface area contributed by atoms with Crippen LogP contribution in [0.25, 0.3) is 16.5 Å². The topological polar surface area (TPSA) is 82.6 Å². The molecule has 0 saturated carbocycles. The number of nitrogens with one attached hydrogen (secondary N) is 1. The third-order valence-electron chi connectivity index (χ3n) is 4.89. The zero-order chi connectivity index (χ0) is 20.5. The summed E-state index contributed by atoms with van der Waals surface area (Å²) in [5.74, 6) is -1.21. The second kappa shape index (κ2) is 7.43. The molecule has 0 unspecified atom stereocenters. The van der Waals surface area contributed by atoms with Crippen LogP contribution in [-0.2, 0) is 16.0 Å².